The maximum Gasteiger partial charge on any atom is 0.303 e. The Morgan fingerprint density at radius 2 is 2.10 bits per heavy atom. The number of rotatable bonds is 5. The fourth-order valence-electron chi connectivity index (χ4n) is 3.17. The van der Waals surface area contributed by atoms with Crippen LogP contribution in [-0.4, -0.2) is 42.3 Å². The number of carboxylic acid groups (broad SMARTS) is 1. The van der Waals surface area contributed by atoms with E-state index in [2.05, 4.69) is 17.0 Å². The van der Waals surface area contributed by atoms with E-state index in [-0.39, 0.29) is 6.42 Å². The summed E-state index contributed by atoms with van der Waals surface area (Å²) in [5.41, 5.74) is 1.24. The summed E-state index contributed by atoms with van der Waals surface area (Å²) in [7, 11) is 0. The monoisotopic (exact) mass is 291 g/mol. The third-order valence-corrected chi connectivity index (χ3v) is 4.15. The van der Waals surface area contributed by atoms with Gasteiger partial charge in [-0.1, -0.05) is 6.07 Å². The highest BCUT2D eigenvalue weighted by atomic mass is 16.6. The van der Waals surface area contributed by atoms with Crippen molar-refractivity contribution in [2.75, 3.05) is 26.3 Å². The van der Waals surface area contributed by atoms with E-state index in [0.717, 1.165) is 37.4 Å². The summed E-state index contributed by atoms with van der Waals surface area (Å²) in [6, 6.07) is 6.54. The lowest BCUT2D eigenvalue weighted by Gasteiger charge is -2.26. The van der Waals surface area contributed by atoms with Crippen LogP contribution in [0.25, 0.3) is 0 Å². The van der Waals surface area contributed by atoms with Crippen molar-refractivity contribution < 1.29 is 19.4 Å². The molecule has 1 atom stereocenters. The SMILES string of the molecule is O=C(O)CCCN1CCCC1c1ccc2c(c1)OCCO2. The molecular weight excluding hydrogens is 270 g/mol. The van der Waals surface area contributed by atoms with Crippen molar-refractivity contribution in [3.63, 3.8) is 0 Å². The standard InChI is InChI=1S/C16H21NO4/c18-16(19)4-2-8-17-7-1-3-13(17)12-5-6-14-15(11-12)21-10-9-20-14/h5-6,11,13H,1-4,7-10H2,(H,18,19). The quantitative estimate of drug-likeness (QED) is 0.903. The average Bonchev–Trinajstić information content (AvgIpc) is 2.95. The number of benzene rings is 1. The van der Waals surface area contributed by atoms with E-state index in [1.165, 1.54) is 5.56 Å². The Kier molecular flexibility index (Phi) is 4.29. The zero-order valence-electron chi connectivity index (χ0n) is 12.1. The molecule has 1 aromatic carbocycles. The van der Waals surface area contributed by atoms with Crippen molar-refractivity contribution in [2.45, 2.75) is 31.7 Å². The summed E-state index contributed by atoms with van der Waals surface area (Å²) in [4.78, 5) is 13.0. The lowest BCUT2D eigenvalue weighted by molar-refractivity contribution is -0.137. The molecule has 0 amide bonds. The molecule has 2 aliphatic heterocycles. The molecule has 0 saturated carbocycles. The summed E-state index contributed by atoms with van der Waals surface area (Å²) in [6.45, 7) is 3.09. The average molecular weight is 291 g/mol. The Morgan fingerprint density at radius 1 is 1.29 bits per heavy atom. The molecule has 2 heterocycles. The Labute approximate surface area is 124 Å². The third-order valence-electron chi connectivity index (χ3n) is 4.15. The number of carboxylic acids is 1. The first-order valence-corrected chi connectivity index (χ1v) is 7.59. The summed E-state index contributed by atoms with van der Waals surface area (Å²) in [5, 5.41) is 8.75. The maximum absolute atomic E-state index is 10.6. The van der Waals surface area contributed by atoms with Gasteiger partial charge in [-0.05, 0) is 50.0 Å². The van der Waals surface area contributed by atoms with Gasteiger partial charge >= 0.3 is 5.97 Å². The van der Waals surface area contributed by atoms with Crippen molar-refractivity contribution in [3.8, 4) is 11.5 Å². The second-order valence-electron chi connectivity index (χ2n) is 5.59. The van der Waals surface area contributed by atoms with Crippen LogP contribution < -0.4 is 9.47 Å². The van der Waals surface area contributed by atoms with Gasteiger partial charge in [0.05, 0.1) is 0 Å². The molecule has 21 heavy (non-hydrogen) atoms. The van der Waals surface area contributed by atoms with Crippen LogP contribution in [0.15, 0.2) is 18.2 Å². The van der Waals surface area contributed by atoms with Crippen molar-refractivity contribution in [1.29, 1.82) is 0 Å². The summed E-state index contributed by atoms with van der Waals surface area (Å²) in [6.07, 6.45) is 3.22. The molecule has 5 nitrogen and oxygen atoms in total. The number of likely N-dealkylation sites (tertiary alicyclic amines) is 1. The van der Waals surface area contributed by atoms with Gasteiger partial charge < -0.3 is 14.6 Å². The minimum Gasteiger partial charge on any atom is -0.486 e. The van der Waals surface area contributed by atoms with Crippen LogP contribution >= 0.6 is 0 Å². The van der Waals surface area contributed by atoms with Crippen LogP contribution in [0.4, 0.5) is 0 Å². The lowest BCUT2D eigenvalue weighted by atomic mass is 10.0. The van der Waals surface area contributed by atoms with Crippen molar-refractivity contribution in [1.82, 2.24) is 4.90 Å². The van der Waals surface area contributed by atoms with Gasteiger partial charge in [-0.2, -0.15) is 0 Å². The van der Waals surface area contributed by atoms with Gasteiger partial charge in [-0.3, -0.25) is 9.69 Å². The first-order valence-electron chi connectivity index (χ1n) is 7.59. The number of aliphatic carboxylic acids is 1. The number of hydrogen-bond acceptors (Lipinski definition) is 4. The molecule has 2 aliphatic rings. The topological polar surface area (TPSA) is 59.0 Å². The molecule has 5 heteroatoms. The zero-order chi connectivity index (χ0) is 14.7. The molecule has 1 saturated heterocycles. The van der Waals surface area contributed by atoms with E-state index < -0.39 is 5.97 Å². The highest BCUT2D eigenvalue weighted by Gasteiger charge is 2.27. The second-order valence-corrected chi connectivity index (χ2v) is 5.59. The van der Waals surface area contributed by atoms with E-state index in [1.54, 1.807) is 0 Å². The van der Waals surface area contributed by atoms with E-state index in [9.17, 15) is 4.79 Å². The first kappa shape index (κ1) is 14.2. The molecule has 0 aliphatic carbocycles. The lowest BCUT2D eigenvalue weighted by Crippen LogP contribution is -2.25. The van der Waals surface area contributed by atoms with Gasteiger partial charge in [0.1, 0.15) is 13.2 Å². The molecule has 1 aromatic rings. The van der Waals surface area contributed by atoms with Crippen LogP contribution in [0.2, 0.25) is 0 Å². The molecule has 0 radical (unpaired) electrons. The Hall–Kier alpha value is -1.75. The highest BCUT2D eigenvalue weighted by molar-refractivity contribution is 5.66. The summed E-state index contributed by atoms with van der Waals surface area (Å²) >= 11 is 0. The number of nitrogens with zero attached hydrogens (tertiary/aromatic N) is 1. The van der Waals surface area contributed by atoms with Gasteiger partial charge in [0.25, 0.3) is 0 Å². The van der Waals surface area contributed by atoms with E-state index in [4.69, 9.17) is 14.6 Å². The molecule has 1 N–H and O–H groups in total. The van der Waals surface area contributed by atoms with E-state index >= 15 is 0 Å². The second kappa shape index (κ2) is 6.35. The van der Waals surface area contributed by atoms with Gasteiger partial charge in [-0.25, -0.2) is 0 Å². The number of hydrogen-bond donors (Lipinski definition) is 1. The molecule has 1 fully saturated rings. The molecular formula is C16H21NO4. The molecule has 1 unspecified atom stereocenters. The summed E-state index contributed by atoms with van der Waals surface area (Å²) in [5.74, 6) is 0.932. The fourth-order valence-corrected chi connectivity index (χ4v) is 3.17. The number of fused-ring (bicyclic) bond motifs is 1. The van der Waals surface area contributed by atoms with Gasteiger partial charge in [-0.15, -0.1) is 0 Å². The Morgan fingerprint density at radius 3 is 2.90 bits per heavy atom. The largest absolute Gasteiger partial charge is 0.486 e. The van der Waals surface area contributed by atoms with Crippen molar-refractivity contribution in [3.05, 3.63) is 23.8 Å². The van der Waals surface area contributed by atoms with Gasteiger partial charge in [0.2, 0.25) is 0 Å². The van der Waals surface area contributed by atoms with Crippen LogP contribution in [0.5, 0.6) is 11.5 Å². The first-order chi connectivity index (χ1) is 10.2. The Balaban J connectivity index is 1.68. The highest BCUT2D eigenvalue weighted by Crippen LogP contribution is 2.38. The fraction of sp³-hybridized carbons (Fsp3) is 0.562. The molecule has 114 valence electrons. The normalized spacial score (nSPS) is 21.4. The maximum atomic E-state index is 10.6. The zero-order valence-corrected chi connectivity index (χ0v) is 12.1. The third kappa shape index (κ3) is 3.29. The van der Waals surface area contributed by atoms with Crippen LogP contribution in [-0.2, 0) is 4.79 Å². The van der Waals surface area contributed by atoms with E-state index in [1.807, 2.05) is 6.07 Å². The summed E-state index contributed by atoms with van der Waals surface area (Å²) < 4.78 is 11.2. The predicted octanol–water partition coefficient (Wildman–Crippen LogP) is 2.46. The van der Waals surface area contributed by atoms with E-state index in [0.29, 0.717) is 25.7 Å². The van der Waals surface area contributed by atoms with Crippen LogP contribution in [0, 0.1) is 0 Å². The molecule has 0 aromatic heterocycles. The van der Waals surface area contributed by atoms with Crippen LogP contribution in [0.3, 0.4) is 0 Å². The smallest absolute Gasteiger partial charge is 0.303 e. The molecule has 0 spiro atoms. The molecule has 3 rings (SSSR count). The minimum atomic E-state index is -0.718. The molecule has 0 bridgehead atoms. The van der Waals surface area contributed by atoms with Crippen molar-refractivity contribution in [2.24, 2.45) is 0 Å². The minimum absolute atomic E-state index is 0.240. The number of ether oxygens (including phenoxy) is 2. The Bertz CT molecular complexity index is 517. The van der Waals surface area contributed by atoms with Crippen molar-refractivity contribution >= 4 is 5.97 Å². The van der Waals surface area contributed by atoms with Gasteiger partial charge in [0.15, 0.2) is 11.5 Å². The van der Waals surface area contributed by atoms with Gasteiger partial charge in [0, 0.05) is 12.5 Å². The van der Waals surface area contributed by atoms with Crippen LogP contribution in [0.1, 0.15) is 37.3 Å². The number of carbonyl (C=O) groups is 1. The predicted molar refractivity (Wildman–Crippen MR) is 77.8 cm³/mol.